The lowest BCUT2D eigenvalue weighted by molar-refractivity contribution is -0.134. The molecule has 1 aromatic rings. The van der Waals surface area contributed by atoms with Gasteiger partial charge in [-0.1, -0.05) is 12.1 Å². The highest BCUT2D eigenvalue weighted by atomic mass is 19.1. The number of carbonyl (C=O) groups excluding carboxylic acids is 1. The van der Waals surface area contributed by atoms with Gasteiger partial charge in [-0.25, -0.2) is 4.39 Å². The van der Waals surface area contributed by atoms with Crippen molar-refractivity contribution in [2.45, 2.75) is 25.9 Å². The van der Waals surface area contributed by atoms with Crippen LogP contribution in [0.5, 0.6) is 0 Å². The number of rotatable bonds is 3. The summed E-state index contributed by atoms with van der Waals surface area (Å²) in [5.41, 5.74) is 0.950. The van der Waals surface area contributed by atoms with E-state index in [1.54, 1.807) is 24.1 Å². The molecule has 2 atom stereocenters. The monoisotopic (exact) mass is 250 g/mol. The van der Waals surface area contributed by atoms with Gasteiger partial charge in [0, 0.05) is 19.6 Å². The highest BCUT2D eigenvalue weighted by molar-refractivity contribution is 5.79. The third kappa shape index (κ3) is 2.88. The molecule has 0 aliphatic carbocycles. The Balaban J connectivity index is 1.97. The van der Waals surface area contributed by atoms with Crippen LogP contribution in [-0.4, -0.2) is 30.4 Å². The summed E-state index contributed by atoms with van der Waals surface area (Å²) in [6.07, 6.45) is 0.897. The zero-order valence-corrected chi connectivity index (χ0v) is 10.8. The standard InChI is InChI=1S/C14H19FN2O/c1-10-13(7-8-16-10)14(18)17(2)9-11-3-5-12(15)6-4-11/h3-6,10,13,16H,7-9H2,1-2H3. The molecular weight excluding hydrogens is 231 g/mol. The molecule has 1 fully saturated rings. The van der Waals surface area contributed by atoms with Crippen LogP contribution in [0.3, 0.4) is 0 Å². The van der Waals surface area contributed by atoms with Crippen LogP contribution in [0.4, 0.5) is 4.39 Å². The lowest BCUT2D eigenvalue weighted by atomic mass is 10.0. The minimum atomic E-state index is -0.249. The molecule has 1 aliphatic heterocycles. The Bertz CT molecular complexity index is 418. The maximum Gasteiger partial charge on any atom is 0.227 e. The summed E-state index contributed by atoms with van der Waals surface area (Å²) < 4.78 is 12.8. The average Bonchev–Trinajstić information content (AvgIpc) is 2.77. The number of benzene rings is 1. The van der Waals surface area contributed by atoms with E-state index < -0.39 is 0 Å². The van der Waals surface area contributed by atoms with Crippen molar-refractivity contribution in [3.05, 3.63) is 35.6 Å². The fraction of sp³-hybridized carbons (Fsp3) is 0.500. The van der Waals surface area contributed by atoms with Gasteiger partial charge in [-0.3, -0.25) is 4.79 Å². The van der Waals surface area contributed by atoms with Crippen molar-refractivity contribution in [3.8, 4) is 0 Å². The van der Waals surface area contributed by atoms with E-state index in [2.05, 4.69) is 5.32 Å². The lowest BCUT2D eigenvalue weighted by Crippen LogP contribution is -2.37. The Hall–Kier alpha value is -1.42. The van der Waals surface area contributed by atoms with E-state index in [-0.39, 0.29) is 23.7 Å². The van der Waals surface area contributed by atoms with Crippen LogP contribution in [0.25, 0.3) is 0 Å². The van der Waals surface area contributed by atoms with Crippen molar-refractivity contribution in [1.82, 2.24) is 10.2 Å². The summed E-state index contributed by atoms with van der Waals surface area (Å²) in [5, 5.41) is 3.28. The van der Waals surface area contributed by atoms with Gasteiger partial charge in [0.05, 0.1) is 5.92 Å². The van der Waals surface area contributed by atoms with Gasteiger partial charge in [0.1, 0.15) is 5.82 Å². The SMILES string of the molecule is CC1NCCC1C(=O)N(C)Cc1ccc(F)cc1. The van der Waals surface area contributed by atoms with Crippen LogP contribution >= 0.6 is 0 Å². The third-order valence-corrected chi connectivity index (χ3v) is 3.55. The van der Waals surface area contributed by atoms with Crippen LogP contribution in [0.2, 0.25) is 0 Å². The van der Waals surface area contributed by atoms with E-state index >= 15 is 0 Å². The summed E-state index contributed by atoms with van der Waals surface area (Å²) in [6.45, 7) is 3.48. The predicted octanol–water partition coefficient (Wildman–Crippen LogP) is 1.78. The molecule has 4 heteroatoms. The first-order valence-electron chi connectivity index (χ1n) is 6.30. The summed E-state index contributed by atoms with van der Waals surface area (Å²) in [6, 6.07) is 6.53. The molecule has 1 N–H and O–H groups in total. The molecule has 2 unspecified atom stereocenters. The van der Waals surface area contributed by atoms with Crippen LogP contribution in [-0.2, 0) is 11.3 Å². The van der Waals surface area contributed by atoms with E-state index in [1.807, 2.05) is 6.92 Å². The van der Waals surface area contributed by atoms with Gasteiger partial charge in [0.2, 0.25) is 5.91 Å². The third-order valence-electron chi connectivity index (χ3n) is 3.55. The minimum Gasteiger partial charge on any atom is -0.341 e. The second-order valence-electron chi connectivity index (χ2n) is 4.96. The molecule has 1 amide bonds. The highest BCUT2D eigenvalue weighted by Gasteiger charge is 2.31. The minimum absolute atomic E-state index is 0.0652. The molecule has 0 saturated carbocycles. The van der Waals surface area contributed by atoms with Crippen LogP contribution in [0, 0.1) is 11.7 Å². The number of hydrogen-bond donors (Lipinski definition) is 1. The van der Waals surface area contributed by atoms with E-state index in [9.17, 15) is 9.18 Å². The summed E-state index contributed by atoms with van der Waals surface area (Å²) in [4.78, 5) is 14.0. The summed E-state index contributed by atoms with van der Waals surface area (Å²) in [7, 11) is 1.80. The van der Waals surface area contributed by atoms with Crippen molar-refractivity contribution in [2.75, 3.05) is 13.6 Å². The smallest absolute Gasteiger partial charge is 0.227 e. The topological polar surface area (TPSA) is 32.3 Å². The largest absolute Gasteiger partial charge is 0.341 e. The average molecular weight is 250 g/mol. The highest BCUT2D eigenvalue weighted by Crippen LogP contribution is 2.18. The zero-order chi connectivity index (χ0) is 13.1. The first kappa shape index (κ1) is 13.0. The van der Waals surface area contributed by atoms with Crippen LogP contribution in [0.1, 0.15) is 18.9 Å². The van der Waals surface area contributed by atoms with Crippen LogP contribution in [0.15, 0.2) is 24.3 Å². The Labute approximate surface area is 107 Å². The van der Waals surface area contributed by atoms with E-state index in [0.717, 1.165) is 18.5 Å². The van der Waals surface area contributed by atoms with Crippen molar-refractivity contribution < 1.29 is 9.18 Å². The van der Waals surface area contributed by atoms with Crippen molar-refractivity contribution in [2.24, 2.45) is 5.92 Å². The fourth-order valence-corrected chi connectivity index (χ4v) is 2.42. The lowest BCUT2D eigenvalue weighted by Gasteiger charge is -2.23. The van der Waals surface area contributed by atoms with E-state index in [0.29, 0.717) is 6.54 Å². The van der Waals surface area contributed by atoms with Gasteiger partial charge >= 0.3 is 0 Å². The summed E-state index contributed by atoms with van der Waals surface area (Å²) >= 11 is 0. The van der Waals surface area contributed by atoms with Gasteiger partial charge in [-0.2, -0.15) is 0 Å². The molecule has 0 bridgehead atoms. The number of carbonyl (C=O) groups is 1. The van der Waals surface area contributed by atoms with Gasteiger partial charge < -0.3 is 10.2 Å². The molecule has 1 aliphatic rings. The number of hydrogen-bond acceptors (Lipinski definition) is 2. The molecule has 2 rings (SSSR count). The quantitative estimate of drug-likeness (QED) is 0.887. The van der Waals surface area contributed by atoms with E-state index in [1.165, 1.54) is 12.1 Å². The predicted molar refractivity (Wildman–Crippen MR) is 68.4 cm³/mol. The Morgan fingerprint density at radius 2 is 2.11 bits per heavy atom. The molecule has 3 nitrogen and oxygen atoms in total. The van der Waals surface area contributed by atoms with Gasteiger partial charge in [-0.15, -0.1) is 0 Å². The molecule has 1 saturated heterocycles. The maximum absolute atomic E-state index is 12.8. The number of nitrogens with zero attached hydrogens (tertiary/aromatic N) is 1. The molecule has 0 aromatic heterocycles. The molecule has 18 heavy (non-hydrogen) atoms. The van der Waals surface area contributed by atoms with Gasteiger partial charge in [-0.05, 0) is 37.6 Å². The molecular formula is C14H19FN2O. The Kier molecular flexibility index (Phi) is 3.97. The Morgan fingerprint density at radius 1 is 1.44 bits per heavy atom. The number of nitrogens with one attached hydrogen (secondary N) is 1. The van der Waals surface area contributed by atoms with Gasteiger partial charge in [0.25, 0.3) is 0 Å². The second kappa shape index (κ2) is 5.48. The van der Waals surface area contributed by atoms with E-state index in [4.69, 9.17) is 0 Å². The number of halogens is 1. The number of amides is 1. The maximum atomic E-state index is 12.8. The van der Waals surface area contributed by atoms with Crippen molar-refractivity contribution in [3.63, 3.8) is 0 Å². The van der Waals surface area contributed by atoms with Gasteiger partial charge in [0.15, 0.2) is 0 Å². The van der Waals surface area contributed by atoms with Crippen molar-refractivity contribution >= 4 is 5.91 Å². The van der Waals surface area contributed by atoms with Crippen LogP contribution < -0.4 is 5.32 Å². The Morgan fingerprint density at radius 3 is 2.67 bits per heavy atom. The van der Waals surface area contributed by atoms with Crippen molar-refractivity contribution in [1.29, 1.82) is 0 Å². The molecule has 0 radical (unpaired) electrons. The molecule has 0 spiro atoms. The molecule has 1 heterocycles. The molecule has 98 valence electrons. The fourth-order valence-electron chi connectivity index (χ4n) is 2.42. The zero-order valence-electron chi connectivity index (χ0n) is 10.8. The summed E-state index contributed by atoms with van der Waals surface area (Å²) in [5.74, 6) is -0.0198. The normalized spacial score (nSPS) is 23.1. The molecule has 1 aromatic carbocycles. The first-order valence-corrected chi connectivity index (χ1v) is 6.30. The second-order valence-corrected chi connectivity index (χ2v) is 4.96. The first-order chi connectivity index (χ1) is 8.58.